The first kappa shape index (κ1) is 11.2. The number of hydrogen-bond donors (Lipinski definition) is 0. The molecule has 0 aliphatic rings. The molecule has 2 nitrogen and oxygen atoms in total. The average Bonchev–Trinajstić information content (AvgIpc) is 2.11. The van der Waals surface area contributed by atoms with Crippen molar-refractivity contribution in [3.05, 3.63) is 34.3 Å². The smallest absolute Gasteiger partial charge is 0.134 e. The first-order valence-corrected chi connectivity index (χ1v) is 4.77. The molecule has 0 saturated heterocycles. The summed E-state index contributed by atoms with van der Waals surface area (Å²) in [6, 6.07) is 5.58. The Morgan fingerprint density at radius 1 is 1.50 bits per heavy atom. The maximum Gasteiger partial charge on any atom is 0.134 e. The van der Waals surface area contributed by atoms with E-state index in [9.17, 15) is 4.79 Å². The number of hydrogen-bond acceptors (Lipinski definition) is 2. The molecule has 0 atom stereocenters. The lowest BCUT2D eigenvalue weighted by molar-refractivity contribution is -0.116. The molecular weight excluding hydrogens is 200 g/mol. The predicted octanol–water partition coefficient (Wildman–Crippen LogP) is 2.62. The lowest BCUT2D eigenvalue weighted by atomic mass is 10.0. The second kappa shape index (κ2) is 5.13. The van der Waals surface area contributed by atoms with Gasteiger partial charge in [-0.2, -0.15) is 0 Å². The van der Waals surface area contributed by atoms with Crippen molar-refractivity contribution < 1.29 is 9.53 Å². The van der Waals surface area contributed by atoms with Gasteiger partial charge in [0.1, 0.15) is 5.78 Å². The fourth-order valence-electron chi connectivity index (χ4n) is 1.34. The van der Waals surface area contributed by atoms with Crippen molar-refractivity contribution in [1.82, 2.24) is 0 Å². The van der Waals surface area contributed by atoms with Crippen LogP contribution >= 0.6 is 11.6 Å². The highest BCUT2D eigenvalue weighted by Crippen LogP contribution is 2.21. The van der Waals surface area contributed by atoms with Gasteiger partial charge in [0, 0.05) is 18.6 Å². The number of Topliss-reactive ketones (excluding diaryl/α,β-unsaturated/α-hetero) is 1. The van der Waals surface area contributed by atoms with E-state index < -0.39 is 0 Å². The molecule has 3 heteroatoms. The lowest BCUT2D eigenvalue weighted by Gasteiger charge is -2.08. The Balaban J connectivity index is 3.02. The second-order valence-electron chi connectivity index (χ2n) is 3.19. The van der Waals surface area contributed by atoms with Crippen LogP contribution in [0.2, 0.25) is 5.02 Å². The predicted molar refractivity (Wildman–Crippen MR) is 56.6 cm³/mol. The zero-order valence-corrected chi connectivity index (χ0v) is 9.10. The lowest BCUT2D eigenvalue weighted by Crippen LogP contribution is -2.02. The fourth-order valence-corrected chi connectivity index (χ4v) is 1.60. The summed E-state index contributed by atoms with van der Waals surface area (Å²) in [5, 5.41) is 0.634. The normalized spacial score (nSPS) is 10.2. The fraction of sp³-hybridized carbons (Fsp3) is 0.364. The summed E-state index contributed by atoms with van der Waals surface area (Å²) in [4.78, 5) is 11.0. The molecule has 0 aliphatic carbocycles. The third-order valence-corrected chi connectivity index (χ3v) is 2.30. The van der Waals surface area contributed by atoms with Crippen LogP contribution in [0.5, 0.6) is 0 Å². The van der Waals surface area contributed by atoms with E-state index in [1.54, 1.807) is 20.1 Å². The van der Waals surface area contributed by atoms with Gasteiger partial charge in [-0.25, -0.2) is 0 Å². The van der Waals surface area contributed by atoms with Crippen molar-refractivity contribution >= 4 is 17.4 Å². The van der Waals surface area contributed by atoms with Gasteiger partial charge >= 0.3 is 0 Å². The minimum Gasteiger partial charge on any atom is -0.380 e. The van der Waals surface area contributed by atoms with Crippen LogP contribution in [0.1, 0.15) is 18.1 Å². The van der Waals surface area contributed by atoms with Gasteiger partial charge < -0.3 is 4.74 Å². The molecular formula is C11H13ClO2. The highest BCUT2D eigenvalue weighted by atomic mass is 35.5. The van der Waals surface area contributed by atoms with E-state index in [0.717, 1.165) is 11.1 Å². The largest absolute Gasteiger partial charge is 0.380 e. The van der Waals surface area contributed by atoms with Crippen molar-refractivity contribution in [3.63, 3.8) is 0 Å². The molecule has 14 heavy (non-hydrogen) atoms. The third-order valence-electron chi connectivity index (χ3n) is 1.94. The van der Waals surface area contributed by atoms with Crippen LogP contribution in [0.3, 0.4) is 0 Å². The molecule has 0 N–H and O–H groups in total. The van der Waals surface area contributed by atoms with E-state index in [1.807, 2.05) is 12.1 Å². The van der Waals surface area contributed by atoms with Crippen molar-refractivity contribution in [2.75, 3.05) is 7.11 Å². The summed E-state index contributed by atoms with van der Waals surface area (Å²) in [6.45, 7) is 2.04. The van der Waals surface area contributed by atoms with Crippen LogP contribution in [-0.2, 0) is 22.6 Å². The summed E-state index contributed by atoms with van der Waals surface area (Å²) in [6.07, 6.45) is 0.373. The Labute approximate surface area is 88.8 Å². The molecule has 0 amide bonds. The number of carbonyl (C=O) groups is 1. The monoisotopic (exact) mass is 212 g/mol. The Bertz CT molecular complexity index is 334. The number of methoxy groups -OCH3 is 1. The molecule has 0 unspecified atom stereocenters. The van der Waals surface area contributed by atoms with Gasteiger partial charge in [0.05, 0.1) is 6.61 Å². The Kier molecular flexibility index (Phi) is 4.11. The number of ether oxygens (including phenoxy) is 1. The number of benzene rings is 1. The summed E-state index contributed by atoms with van der Waals surface area (Å²) in [7, 11) is 1.62. The number of ketones is 1. The van der Waals surface area contributed by atoms with Crippen molar-refractivity contribution in [3.8, 4) is 0 Å². The van der Waals surface area contributed by atoms with Gasteiger partial charge in [-0.3, -0.25) is 4.79 Å². The van der Waals surface area contributed by atoms with Gasteiger partial charge in [-0.15, -0.1) is 0 Å². The highest BCUT2D eigenvalue weighted by Gasteiger charge is 2.08. The molecule has 0 heterocycles. The van der Waals surface area contributed by atoms with Crippen molar-refractivity contribution in [2.24, 2.45) is 0 Å². The molecule has 0 aliphatic heterocycles. The Hall–Kier alpha value is -0.860. The minimum absolute atomic E-state index is 0.107. The Morgan fingerprint density at radius 3 is 2.79 bits per heavy atom. The van der Waals surface area contributed by atoms with E-state index >= 15 is 0 Å². The molecule has 0 radical (unpaired) electrons. The maximum absolute atomic E-state index is 11.0. The molecule has 76 valence electrons. The first-order valence-electron chi connectivity index (χ1n) is 4.39. The topological polar surface area (TPSA) is 26.3 Å². The highest BCUT2D eigenvalue weighted by molar-refractivity contribution is 6.31. The summed E-state index contributed by atoms with van der Waals surface area (Å²) in [5.74, 6) is 0.107. The van der Waals surface area contributed by atoms with E-state index in [4.69, 9.17) is 16.3 Å². The average molecular weight is 213 g/mol. The summed E-state index contributed by atoms with van der Waals surface area (Å²) >= 11 is 6.00. The molecule has 1 aromatic rings. The molecule has 0 bridgehead atoms. The van der Waals surface area contributed by atoms with Crippen LogP contribution in [0.15, 0.2) is 18.2 Å². The van der Waals surface area contributed by atoms with Crippen LogP contribution in [-0.4, -0.2) is 12.9 Å². The van der Waals surface area contributed by atoms with E-state index in [-0.39, 0.29) is 5.78 Å². The van der Waals surface area contributed by atoms with Crippen LogP contribution in [0, 0.1) is 0 Å². The van der Waals surface area contributed by atoms with Crippen LogP contribution < -0.4 is 0 Å². The number of rotatable bonds is 4. The van der Waals surface area contributed by atoms with Gasteiger partial charge in [-0.1, -0.05) is 23.7 Å². The standard InChI is InChI=1S/C11H13ClO2/c1-8(13)6-10-9(7-14-2)4-3-5-11(10)12/h3-5H,6-7H2,1-2H3. The van der Waals surface area contributed by atoms with Crippen LogP contribution in [0.4, 0.5) is 0 Å². The molecule has 0 aromatic heterocycles. The van der Waals surface area contributed by atoms with E-state index in [2.05, 4.69) is 0 Å². The maximum atomic E-state index is 11.0. The number of carbonyl (C=O) groups excluding carboxylic acids is 1. The molecule has 1 rings (SSSR count). The molecule has 0 fully saturated rings. The Morgan fingerprint density at radius 2 is 2.21 bits per heavy atom. The van der Waals surface area contributed by atoms with Crippen molar-refractivity contribution in [2.45, 2.75) is 20.0 Å². The first-order chi connectivity index (χ1) is 6.65. The summed E-state index contributed by atoms with van der Waals surface area (Å²) in [5.41, 5.74) is 1.86. The van der Waals surface area contributed by atoms with Crippen LogP contribution in [0.25, 0.3) is 0 Å². The zero-order valence-electron chi connectivity index (χ0n) is 8.34. The number of halogens is 1. The minimum atomic E-state index is 0.107. The van der Waals surface area contributed by atoms with E-state index in [1.165, 1.54) is 0 Å². The zero-order chi connectivity index (χ0) is 10.6. The third kappa shape index (κ3) is 2.82. The molecule has 0 saturated carbocycles. The van der Waals surface area contributed by atoms with Gasteiger partial charge in [0.2, 0.25) is 0 Å². The van der Waals surface area contributed by atoms with E-state index in [0.29, 0.717) is 18.1 Å². The van der Waals surface area contributed by atoms with Gasteiger partial charge in [0.15, 0.2) is 0 Å². The molecule has 1 aromatic carbocycles. The SMILES string of the molecule is COCc1cccc(Cl)c1CC(C)=O. The summed E-state index contributed by atoms with van der Waals surface area (Å²) < 4.78 is 5.04. The van der Waals surface area contributed by atoms with Gasteiger partial charge in [-0.05, 0) is 24.1 Å². The van der Waals surface area contributed by atoms with Gasteiger partial charge in [0.25, 0.3) is 0 Å². The second-order valence-corrected chi connectivity index (χ2v) is 3.60. The van der Waals surface area contributed by atoms with Crippen molar-refractivity contribution in [1.29, 1.82) is 0 Å². The quantitative estimate of drug-likeness (QED) is 0.767. The molecule has 0 spiro atoms.